The summed E-state index contributed by atoms with van der Waals surface area (Å²) in [6.07, 6.45) is 2.42. The third kappa shape index (κ3) is 5.88. The van der Waals surface area contributed by atoms with E-state index in [0.29, 0.717) is 18.3 Å². The smallest absolute Gasteiger partial charge is 0.222 e. The number of carbonyl (C=O) groups excluding carboxylic acids is 1. The maximum atomic E-state index is 12.4. The van der Waals surface area contributed by atoms with Gasteiger partial charge in [-0.25, -0.2) is 0 Å². The average Bonchev–Trinajstić information content (AvgIpc) is 2.50. The number of hydrogen-bond acceptors (Lipinski definition) is 2. The lowest BCUT2D eigenvalue weighted by Crippen LogP contribution is -2.35. The molecule has 0 heterocycles. The van der Waals surface area contributed by atoms with Crippen LogP contribution in [0.2, 0.25) is 0 Å². The molecule has 1 aromatic carbocycles. The van der Waals surface area contributed by atoms with Gasteiger partial charge in [0.2, 0.25) is 5.91 Å². The summed E-state index contributed by atoms with van der Waals surface area (Å²) in [7, 11) is 1.88. The Morgan fingerprint density at radius 3 is 2.38 bits per heavy atom. The molecular weight excluding hydrogens is 260 g/mol. The number of nitrogens with two attached hydrogens (primary N) is 1. The highest BCUT2D eigenvalue weighted by molar-refractivity contribution is 5.76. The molecule has 0 bridgehead atoms. The third-order valence-electron chi connectivity index (χ3n) is 4.26. The molecule has 3 heteroatoms. The van der Waals surface area contributed by atoms with Gasteiger partial charge in [-0.2, -0.15) is 0 Å². The minimum Gasteiger partial charge on any atom is -0.346 e. The van der Waals surface area contributed by atoms with Gasteiger partial charge in [0.1, 0.15) is 0 Å². The number of nitrogens with zero attached hydrogens (tertiary/aromatic N) is 1. The maximum absolute atomic E-state index is 12.4. The van der Waals surface area contributed by atoms with Gasteiger partial charge in [0.15, 0.2) is 0 Å². The molecule has 1 aromatic rings. The Bertz CT molecular complexity index is 416. The Kier molecular flexibility index (Phi) is 7.44. The van der Waals surface area contributed by atoms with Crippen molar-refractivity contribution in [1.29, 1.82) is 0 Å². The minimum absolute atomic E-state index is 0.163. The van der Waals surface area contributed by atoms with Crippen LogP contribution in [0.1, 0.15) is 51.5 Å². The summed E-state index contributed by atoms with van der Waals surface area (Å²) in [6, 6.07) is 10.5. The number of hydrogen-bond donors (Lipinski definition) is 1. The quantitative estimate of drug-likeness (QED) is 0.797. The van der Waals surface area contributed by atoms with Gasteiger partial charge in [0, 0.05) is 26.1 Å². The number of rotatable bonds is 8. The van der Waals surface area contributed by atoms with Gasteiger partial charge >= 0.3 is 0 Å². The van der Waals surface area contributed by atoms with Crippen molar-refractivity contribution in [3.05, 3.63) is 35.9 Å². The van der Waals surface area contributed by atoms with Crippen LogP contribution in [0.25, 0.3) is 0 Å². The molecule has 3 nitrogen and oxygen atoms in total. The fourth-order valence-electron chi connectivity index (χ4n) is 2.39. The average molecular weight is 290 g/mol. The number of benzene rings is 1. The van der Waals surface area contributed by atoms with Crippen molar-refractivity contribution in [2.45, 2.75) is 52.0 Å². The lowest BCUT2D eigenvalue weighted by molar-refractivity contribution is -0.130. The SMILES string of the molecule is CCC(CC(=O)N(C)CCC(N)C(C)C)c1ccccc1. The molecule has 0 saturated heterocycles. The van der Waals surface area contributed by atoms with Gasteiger partial charge in [0.05, 0.1) is 0 Å². The molecule has 1 amide bonds. The van der Waals surface area contributed by atoms with Crippen molar-refractivity contribution in [1.82, 2.24) is 4.90 Å². The fraction of sp³-hybridized carbons (Fsp3) is 0.611. The minimum atomic E-state index is 0.163. The maximum Gasteiger partial charge on any atom is 0.222 e. The predicted octanol–water partition coefficient (Wildman–Crippen LogP) is 3.40. The molecule has 0 fully saturated rings. The molecule has 0 aliphatic carbocycles. The molecular formula is C18H30N2O. The highest BCUT2D eigenvalue weighted by atomic mass is 16.2. The summed E-state index contributed by atoms with van der Waals surface area (Å²) in [6.45, 7) is 7.12. The second-order valence-electron chi connectivity index (χ2n) is 6.23. The van der Waals surface area contributed by atoms with Crippen LogP contribution in [-0.4, -0.2) is 30.4 Å². The molecule has 0 aliphatic rings. The lowest BCUT2D eigenvalue weighted by Gasteiger charge is -2.23. The lowest BCUT2D eigenvalue weighted by atomic mass is 9.92. The van der Waals surface area contributed by atoms with Gasteiger partial charge in [-0.3, -0.25) is 4.79 Å². The summed E-state index contributed by atoms with van der Waals surface area (Å²) in [4.78, 5) is 14.2. The Morgan fingerprint density at radius 1 is 1.24 bits per heavy atom. The first-order valence-corrected chi connectivity index (χ1v) is 8.00. The van der Waals surface area contributed by atoms with Crippen LogP contribution >= 0.6 is 0 Å². The Morgan fingerprint density at radius 2 is 1.86 bits per heavy atom. The second kappa shape index (κ2) is 8.83. The van der Waals surface area contributed by atoms with E-state index in [2.05, 4.69) is 32.9 Å². The van der Waals surface area contributed by atoms with Crippen molar-refractivity contribution >= 4 is 5.91 Å². The predicted molar refractivity (Wildman–Crippen MR) is 89.2 cm³/mol. The van der Waals surface area contributed by atoms with E-state index in [9.17, 15) is 4.79 Å². The first-order valence-electron chi connectivity index (χ1n) is 8.00. The zero-order chi connectivity index (χ0) is 15.8. The van der Waals surface area contributed by atoms with Crippen LogP contribution < -0.4 is 5.73 Å². The second-order valence-corrected chi connectivity index (χ2v) is 6.23. The Labute approximate surface area is 129 Å². The molecule has 0 aromatic heterocycles. The molecule has 2 atom stereocenters. The van der Waals surface area contributed by atoms with Crippen LogP contribution in [0.15, 0.2) is 30.3 Å². The third-order valence-corrected chi connectivity index (χ3v) is 4.26. The number of carbonyl (C=O) groups is 1. The molecule has 1 rings (SSSR count). The molecule has 0 radical (unpaired) electrons. The van der Waals surface area contributed by atoms with Gasteiger partial charge < -0.3 is 10.6 Å². The van der Waals surface area contributed by atoms with Crippen molar-refractivity contribution in [2.24, 2.45) is 11.7 Å². The topological polar surface area (TPSA) is 46.3 Å². The molecule has 118 valence electrons. The van der Waals surface area contributed by atoms with E-state index in [4.69, 9.17) is 5.73 Å². The molecule has 21 heavy (non-hydrogen) atoms. The van der Waals surface area contributed by atoms with Crippen molar-refractivity contribution in [3.8, 4) is 0 Å². The molecule has 0 aliphatic heterocycles. The first kappa shape index (κ1) is 17.7. The molecule has 0 saturated carbocycles. The van der Waals surface area contributed by atoms with Gasteiger partial charge in [-0.05, 0) is 30.2 Å². The van der Waals surface area contributed by atoms with E-state index < -0.39 is 0 Å². The van der Waals surface area contributed by atoms with E-state index in [1.165, 1.54) is 5.56 Å². The summed E-state index contributed by atoms with van der Waals surface area (Å²) in [5.74, 6) is 0.975. The Balaban J connectivity index is 2.50. The summed E-state index contributed by atoms with van der Waals surface area (Å²) in [5.41, 5.74) is 7.30. The Hall–Kier alpha value is -1.35. The molecule has 2 N–H and O–H groups in total. The van der Waals surface area contributed by atoms with E-state index in [1.54, 1.807) is 0 Å². The monoisotopic (exact) mass is 290 g/mol. The van der Waals surface area contributed by atoms with E-state index in [0.717, 1.165) is 19.4 Å². The molecule has 2 unspecified atom stereocenters. The highest BCUT2D eigenvalue weighted by Gasteiger charge is 2.18. The normalized spacial score (nSPS) is 14.0. The van der Waals surface area contributed by atoms with Gasteiger partial charge in [-0.15, -0.1) is 0 Å². The number of amides is 1. The van der Waals surface area contributed by atoms with Crippen LogP contribution in [0.3, 0.4) is 0 Å². The summed E-state index contributed by atoms with van der Waals surface area (Å²) >= 11 is 0. The molecule has 0 spiro atoms. The van der Waals surface area contributed by atoms with E-state index >= 15 is 0 Å². The van der Waals surface area contributed by atoms with Gasteiger partial charge in [0.25, 0.3) is 0 Å². The fourth-order valence-corrected chi connectivity index (χ4v) is 2.39. The van der Waals surface area contributed by atoms with E-state index in [-0.39, 0.29) is 11.9 Å². The first-order chi connectivity index (χ1) is 9.95. The zero-order valence-electron chi connectivity index (χ0n) is 13.9. The van der Waals surface area contributed by atoms with Crippen molar-refractivity contribution in [3.63, 3.8) is 0 Å². The summed E-state index contributed by atoms with van der Waals surface area (Å²) in [5, 5.41) is 0. The van der Waals surface area contributed by atoms with Crippen LogP contribution in [0, 0.1) is 5.92 Å². The summed E-state index contributed by atoms with van der Waals surface area (Å²) < 4.78 is 0. The van der Waals surface area contributed by atoms with Crippen molar-refractivity contribution < 1.29 is 4.79 Å². The van der Waals surface area contributed by atoms with Crippen LogP contribution in [0.5, 0.6) is 0 Å². The van der Waals surface area contributed by atoms with E-state index in [1.807, 2.05) is 30.1 Å². The van der Waals surface area contributed by atoms with Crippen LogP contribution in [-0.2, 0) is 4.79 Å². The highest BCUT2D eigenvalue weighted by Crippen LogP contribution is 2.23. The van der Waals surface area contributed by atoms with Gasteiger partial charge in [-0.1, -0.05) is 51.1 Å². The van der Waals surface area contributed by atoms with Crippen LogP contribution in [0.4, 0.5) is 0 Å². The standard InChI is InChI=1S/C18H30N2O/c1-5-15(16-9-7-6-8-10-16)13-18(21)20(4)12-11-17(19)14(2)3/h6-10,14-15,17H,5,11-13,19H2,1-4H3. The largest absolute Gasteiger partial charge is 0.346 e. The van der Waals surface area contributed by atoms with Crippen molar-refractivity contribution in [2.75, 3.05) is 13.6 Å². The zero-order valence-corrected chi connectivity index (χ0v) is 13.9.